The molecule has 0 bridgehead atoms. The van der Waals surface area contributed by atoms with E-state index in [1.165, 1.54) is 22.9 Å². The second kappa shape index (κ2) is 10.2. The van der Waals surface area contributed by atoms with Gasteiger partial charge in [-0.25, -0.2) is 4.68 Å². The molecule has 0 radical (unpaired) electrons. The summed E-state index contributed by atoms with van der Waals surface area (Å²) in [6.07, 6.45) is 1.30. The molecule has 0 saturated carbocycles. The van der Waals surface area contributed by atoms with Crippen molar-refractivity contribution in [3.63, 3.8) is 0 Å². The number of carbonyl (C=O) groups excluding carboxylic acids is 1. The van der Waals surface area contributed by atoms with Gasteiger partial charge in [0.15, 0.2) is 11.6 Å². The van der Waals surface area contributed by atoms with E-state index in [0.29, 0.717) is 22.2 Å². The molecule has 0 spiro atoms. The van der Waals surface area contributed by atoms with Gasteiger partial charge in [0.25, 0.3) is 0 Å². The normalized spacial score (nSPS) is 11.4. The fourth-order valence-corrected chi connectivity index (χ4v) is 3.84. The molecule has 2 aromatic heterocycles. The van der Waals surface area contributed by atoms with Crippen LogP contribution in [0.1, 0.15) is 21.9 Å². The van der Waals surface area contributed by atoms with Crippen LogP contribution in [0.15, 0.2) is 82.4 Å². The highest BCUT2D eigenvalue weighted by molar-refractivity contribution is 8.08. The molecule has 0 aliphatic carbocycles. The maximum Gasteiger partial charge on any atom is 0.433 e. The van der Waals surface area contributed by atoms with Crippen LogP contribution in [0.5, 0.6) is 5.75 Å². The van der Waals surface area contributed by atoms with Gasteiger partial charge >= 0.3 is 5.88 Å². The largest absolute Gasteiger partial charge is 0.484 e. The van der Waals surface area contributed by atoms with Crippen molar-refractivity contribution < 1.29 is 18.9 Å². The van der Waals surface area contributed by atoms with Crippen LogP contribution >= 0.6 is 23.4 Å². The lowest BCUT2D eigenvalue weighted by molar-refractivity contribution is -0.402. The van der Waals surface area contributed by atoms with Gasteiger partial charge in [0, 0.05) is 11.6 Å². The Morgan fingerprint density at radius 3 is 2.59 bits per heavy atom. The standard InChI is InChI=1S/C22H16ClN5O5S/c23-15-8-4-5-9-17(15)32-13-20-25-26-22(27(20)24)34-19(18-10-11-21(33-18)28(30)31)12-16(29)14-6-2-1-3-7-14/h1-12H,13,24H2/b19-12+. The van der Waals surface area contributed by atoms with Gasteiger partial charge in [-0.05, 0) is 30.0 Å². The van der Waals surface area contributed by atoms with Crippen molar-refractivity contribution in [1.29, 1.82) is 0 Å². The number of ketones is 1. The zero-order valence-corrected chi connectivity index (χ0v) is 18.9. The molecule has 4 aromatic rings. The molecule has 0 saturated heterocycles. The van der Waals surface area contributed by atoms with Crippen molar-refractivity contribution in [3.8, 4) is 5.75 Å². The monoisotopic (exact) mass is 497 g/mol. The van der Waals surface area contributed by atoms with E-state index >= 15 is 0 Å². The molecule has 10 nitrogen and oxygen atoms in total. The number of nitrogen functional groups attached to an aromatic ring is 1. The lowest BCUT2D eigenvalue weighted by atomic mass is 10.1. The minimum Gasteiger partial charge on any atom is -0.484 e. The highest BCUT2D eigenvalue weighted by Crippen LogP contribution is 2.36. The summed E-state index contributed by atoms with van der Waals surface area (Å²) in [7, 11) is 0. The van der Waals surface area contributed by atoms with Gasteiger partial charge in [-0.15, -0.1) is 10.2 Å². The highest BCUT2D eigenvalue weighted by atomic mass is 35.5. The number of aromatic nitrogens is 3. The summed E-state index contributed by atoms with van der Waals surface area (Å²) >= 11 is 7.06. The maximum atomic E-state index is 12.8. The molecule has 0 fully saturated rings. The third-order valence-electron chi connectivity index (χ3n) is 4.46. The van der Waals surface area contributed by atoms with Crippen molar-refractivity contribution >= 4 is 39.9 Å². The van der Waals surface area contributed by atoms with Crippen LogP contribution in [0.2, 0.25) is 5.02 Å². The third kappa shape index (κ3) is 5.27. The minimum atomic E-state index is -0.666. The molecule has 0 amide bonds. The first-order valence-corrected chi connectivity index (χ1v) is 10.9. The average molecular weight is 498 g/mol. The summed E-state index contributed by atoms with van der Waals surface area (Å²) in [5.74, 6) is 6.21. The van der Waals surface area contributed by atoms with Crippen molar-refractivity contribution in [2.75, 3.05) is 5.84 Å². The smallest absolute Gasteiger partial charge is 0.433 e. The Bertz CT molecular complexity index is 1370. The molecule has 0 aliphatic heterocycles. The summed E-state index contributed by atoms with van der Waals surface area (Å²) in [6.45, 7) is -0.0119. The number of ether oxygens (including phenoxy) is 1. The van der Waals surface area contributed by atoms with Crippen molar-refractivity contribution in [2.24, 2.45) is 0 Å². The summed E-state index contributed by atoms with van der Waals surface area (Å²) < 4.78 is 12.1. The number of hydrogen-bond acceptors (Lipinski definition) is 9. The average Bonchev–Trinajstić information content (AvgIpc) is 3.46. The number of furan rings is 1. The topological polar surface area (TPSA) is 139 Å². The number of para-hydroxylation sites is 1. The quantitative estimate of drug-likeness (QED) is 0.0866. The van der Waals surface area contributed by atoms with Crippen molar-refractivity contribution in [3.05, 3.63) is 105 Å². The van der Waals surface area contributed by atoms with Gasteiger partial charge in [0.1, 0.15) is 23.0 Å². The maximum absolute atomic E-state index is 12.8. The van der Waals surface area contributed by atoms with E-state index < -0.39 is 10.8 Å². The fraction of sp³-hybridized carbons (Fsp3) is 0.0455. The minimum absolute atomic E-state index is 0.0119. The van der Waals surface area contributed by atoms with E-state index in [-0.39, 0.29) is 28.2 Å². The Morgan fingerprint density at radius 1 is 1.15 bits per heavy atom. The van der Waals surface area contributed by atoms with Crippen LogP contribution in [0.3, 0.4) is 0 Å². The number of rotatable bonds is 9. The molecule has 0 aliphatic rings. The predicted molar refractivity (Wildman–Crippen MR) is 126 cm³/mol. The fourth-order valence-electron chi connectivity index (χ4n) is 2.79. The number of allylic oxidation sites excluding steroid dienone is 1. The molecule has 4 rings (SSSR count). The lowest BCUT2D eigenvalue weighted by Gasteiger charge is -2.08. The Kier molecular flexibility index (Phi) is 6.95. The number of nitrogens with zero attached hydrogens (tertiary/aromatic N) is 4. The molecule has 2 heterocycles. The Hall–Kier alpha value is -4.09. The SMILES string of the molecule is Nn1c(COc2ccccc2Cl)nnc1S/C(=C/C(=O)c1ccccc1)c1ccc([N+](=O)[O-])o1. The number of nitro groups is 1. The Morgan fingerprint density at radius 2 is 1.88 bits per heavy atom. The molecule has 172 valence electrons. The molecule has 0 unspecified atom stereocenters. The molecule has 0 atom stereocenters. The van der Waals surface area contributed by atoms with E-state index in [4.69, 9.17) is 26.6 Å². The van der Waals surface area contributed by atoms with E-state index in [9.17, 15) is 14.9 Å². The lowest BCUT2D eigenvalue weighted by Crippen LogP contribution is -2.15. The van der Waals surface area contributed by atoms with Crippen LogP contribution < -0.4 is 10.6 Å². The third-order valence-corrected chi connectivity index (χ3v) is 5.78. The molecule has 34 heavy (non-hydrogen) atoms. The summed E-state index contributed by atoms with van der Waals surface area (Å²) in [4.78, 5) is 23.4. The van der Waals surface area contributed by atoms with Crippen LogP contribution in [0.4, 0.5) is 5.88 Å². The predicted octanol–water partition coefficient (Wildman–Crippen LogP) is 4.74. The van der Waals surface area contributed by atoms with Crippen LogP contribution in [0, 0.1) is 10.1 Å². The van der Waals surface area contributed by atoms with Crippen LogP contribution in [-0.2, 0) is 6.61 Å². The first-order chi connectivity index (χ1) is 16.4. The second-order valence-electron chi connectivity index (χ2n) is 6.72. The summed E-state index contributed by atoms with van der Waals surface area (Å²) in [5.41, 5.74) is 0.435. The first kappa shape index (κ1) is 23.1. The number of carbonyl (C=O) groups is 1. The van der Waals surface area contributed by atoms with Crippen molar-refractivity contribution in [2.45, 2.75) is 11.8 Å². The van der Waals surface area contributed by atoms with E-state index in [0.717, 1.165) is 11.8 Å². The molecule has 2 N–H and O–H groups in total. The van der Waals surface area contributed by atoms with E-state index in [1.54, 1.807) is 54.6 Å². The highest BCUT2D eigenvalue weighted by Gasteiger charge is 2.21. The number of hydrogen-bond donors (Lipinski definition) is 1. The van der Waals surface area contributed by atoms with E-state index in [1.807, 2.05) is 0 Å². The molecule has 12 heteroatoms. The van der Waals surface area contributed by atoms with Crippen molar-refractivity contribution in [1.82, 2.24) is 14.9 Å². The van der Waals surface area contributed by atoms with Gasteiger partial charge in [0.2, 0.25) is 5.16 Å². The first-order valence-electron chi connectivity index (χ1n) is 9.72. The second-order valence-corrected chi connectivity index (χ2v) is 8.14. The van der Waals surface area contributed by atoms with E-state index in [2.05, 4.69) is 10.2 Å². The number of benzene rings is 2. The number of nitrogens with two attached hydrogens (primary N) is 1. The zero-order chi connectivity index (χ0) is 24.1. The van der Waals surface area contributed by atoms with Crippen LogP contribution in [-0.4, -0.2) is 25.6 Å². The van der Waals surface area contributed by atoms with Gasteiger partial charge in [-0.2, -0.15) is 0 Å². The summed E-state index contributed by atoms with van der Waals surface area (Å²) in [5, 5.41) is 19.8. The Labute approximate surface area is 202 Å². The number of thioether (sulfide) groups is 1. The van der Waals surface area contributed by atoms with Gasteiger partial charge in [0.05, 0.1) is 16.0 Å². The molecular weight excluding hydrogens is 482 g/mol. The van der Waals surface area contributed by atoms with Gasteiger partial charge in [-0.1, -0.05) is 54.1 Å². The number of halogens is 1. The van der Waals surface area contributed by atoms with Gasteiger partial charge < -0.3 is 15.0 Å². The van der Waals surface area contributed by atoms with Crippen LogP contribution in [0.25, 0.3) is 4.91 Å². The van der Waals surface area contributed by atoms with Gasteiger partial charge in [-0.3, -0.25) is 14.9 Å². The molecular formula is C22H16ClN5O5S. The molecule has 2 aromatic carbocycles. The Balaban J connectivity index is 1.60. The summed E-state index contributed by atoms with van der Waals surface area (Å²) in [6, 6.07) is 18.1. The zero-order valence-electron chi connectivity index (χ0n) is 17.3.